The van der Waals surface area contributed by atoms with Crippen molar-refractivity contribution in [3.05, 3.63) is 30.1 Å². The SMILES string of the molecule is CN(C)C[C@@H]1CO[C@]2(COCCN(Cc3ccccn3)C2)C1. The highest BCUT2D eigenvalue weighted by Gasteiger charge is 2.43. The smallest absolute Gasteiger partial charge is 0.104 e. The average molecular weight is 305 g/mol. The molecule has 0 N–H and O–H groups in total. The van der Waals surface area contributed by atoms with Gasteiger partial charge in [0.25, 0.3) is 0 Å². The third-order valence-corrected chi connectivity index (χ3v) is 4.45. The van der Waals surface area contributed by atoms with Crippen molar-refractivity contribution in [1.29, 1.82) is 0 Å². The van der Waals surface area contributed by atoms with Gasteiger partial charge in [0.05, 0.1) is 25.5 Å². The van der Waals surface area contributed by atoms with Crippen molar-refractivity contribution >= 4 is 0 Å². The molecule has 0 amide bonds. The van der Waals surface area contributed by atoms with Crippen LogP contribution < -0.4 is 0 Å². The van der Waals surface area contributed by atoms with Crippen LogP contribution in [-0.4, -0.2) is 73.9 Å². The predicted molar refractivity (Wildman–Crippen MR) is 85.7 cm³/mol. The van der Waals surface area contributed by atoms with Gasteiger partial charge in [-0.15, -0.1) is 0 Å². The molecule has 2 atom stereocenters. The highest BCUT2D eigenvalue weighted by atomic mass is 16.5. The number of hydrogen-bond donors (Lipinski definition) is 0. The second-order valence-corrected chi connectivity index (χ2v) is 6.91. The van der Waals surface area contributed by atoms with Crippen LogP contribution in [0.2, 0.25) is 0 Å². The Balaban J connectivity index is 1.63. The molecular formula is C17H27N3O2. The Morgan fingerprint density at radius 2 is 2.32 bits per heavy atom. The molecule has 0 saturated carbocycles. The largest absolute Gasteiger partial charge is 0.377 e. The predicted octanol–water partition coefficient (Wildman–Crippen LogP) is 1.25. The van der Waals surface area contributed by atoms with Crippen molar-refractivity contribution < 1.29 is 9.47 Å². The maximum absolute atomic E-state index is 6.23. The van der Waals surface area contributed by atoms with Gasteiger partial charge in [0.1, 0.15) is 5.60 Å². The van der Waals surface area contributed by atoms with E-state index in [-0.39, 0.29) is 5.60 Å². The van der Waals surface area contributed by atoms with Gasteiger partial charge in [0.2, 0.25) is 0 Å². The minimum atomic E-state index is -0.133. The first-order valence-corrected chi connectivity index (χ1v) is 8.14. The molecule has 0 radical (unpaired) electrons. The van der Waals surface area contributed by atoms with E-state index >= 15 is 0 Å². The third kappa shape index (κ3) is 4.04. The lowest BCUT2D eigenvalue weighted by atomic mass is 9.94. The molecule has 1 aromatic heterocycles. The number of pyridine rings is 1. The van der Waals surface area contributed by atoms with Crippen LogP contribution in [0.1, 0.15) is 12.1 Å². The van der Waals surface area contributed by atoms with E-state index < -0.39 is 0 Å². The van der Waals surface area contributed by atoms with Crippen molar-refractivity contribution in [2.45, 2.75) is 18.6 Å². The first-order valence-electron chi connectivity index (χ1n) is 8.14. The second-order valence-electron chi connectivity index (χ2n) is 6.91. The summed E-state index contributed by atoms with van der Waals surface area (Å²) in [5.74, 6) is 0.605. The molecule has 0 unspecified atom stereocenters. The van der Waals surface area contributed by atoms with Gasteiger partial charge in [-0.2, -0.15) is 0 Å². The molecule has 5 heteroatoms. The van der Waals surface area contributed by atoms with E-state index in [0.717, 1.165) is 58.1 Å². The number of rotatable bonds is 4. The van der Waals surface area contributed by atoms with Crippen LogP contribution in [-0.2, 0) is 16.0 Å². The molecule has 2 saturated heterocycles. The maximum atomic E-state index is 6.23. The van der Waals surface area contributed by atoms with Crippen molar-refractivity contribution in [2.24, 2.45) is 5.92 Å². The molecule has 2 fully saturated rings. The molecule has 122 valence electrons. The minimum Gasteiger partial charge on any atom is -0.377 e. The zero-order valence-corrected chi connectivity index (χ0v) is 13.7. The van der Waals surface area contributed by atoms with Gasteiger partial charge in [0.15, 0.2) is 0 Å². The highest BCUT2D eigenvalue weighted by molar-refractivity contribution is 5.04. The molecule has 1 aromatic rings. The van der Waals surface area contributed by atoms with E-state index in [0.29, 0.717) is 5.92 Å². The van der Waals surface area contributed by atoms with Crippen LogP contribution in [0, 0.1) is 5.92 Å². The van der Waals surface area contributed by atoms with Gasteiger partial charge in [0, 0.05) is 32.4 Å². The fourth-order valence-corrected chi connectivity index (χ4v) is 3.62. The number of ether oxygens (including phenoxy) is 2. The van der Waals surface area contributed by atoms with Gasteiger partial charge >= 0.3 is 0 Å². The average Bonchev–Trinajstić information content (AvgIpc) is 2.75. The quantitative estimate of drug-likeness (QED) is 0.837. The van der Waals surface area contributed by atoms with E-state index in [1.54, 1.807) is 0 Å². The third-order valence-electron chi connectivity index (χ3n) is 4.45. The van der Waals surface area contributed by atoms with Crippen molar-refractivity contribution in [2.75, 3.05) is 53.6 Å². The summed E-state index contributed by atoms with van der Waals surface area (Å²) in [6.45, 7) is 6.17. The summed E-state index contributed by atoms with van der Waals surface area (Å²) in [5.41, 5.74) is 0.980. The van der Waals surface area contributed by atoms with Crippen LogP contribution in [0.15, 0.2) is 24.4 Å². The molecule has 0 bridgehead atoms. The maximum Gasteiger partial charge on any atom is 0.104 e. The number of aromatic nitrogens is 1. The highest BCUT2D eigenvalue weighted by Crippen LogP contribution is 2.33. The van der Waals surface area contributed by atoms with Crippen molar-refractivity contribution in [3.8, 4) is 0 Å². The lowest BCUT2D eigenvalue weighted by Crippen LogP contribution is -2.44. The lowest BCUT2D eigenvalue weighted by Gasteiger charge is -2.31. The Morgan fingerprint density at radius 3 is 3.09 bits per heavy atom. The summed E-state index contributed by atoms with van der Waals surface area (Å²) in [7, 11) is 4.25. The molecule has 3 rings (SSSR count). The van der Waals surface area contributed by atoms with Crippen molar-refractivity contribution in [1.82, 2.24) is 14.8 Å². The summed E-state index contributed by atoms with van der Waals surface area (Å²) < 4.78 is 12.1. The van der Waals surface area contributed by atoms with Crippen LogP contribution in [0.3, 0.4) is 0 Å². The number of nitrogens with zero attached hydrogens (tertiary/aromatic N) is 3. The number of hydrogen-bond acceptors (Lipinski definition) is 5. The first-order chi connectivity index (χ1) is 10.7. The molecule has 2 aliphatic heterocycles. The summed E-state index contributed by atoms with van der Waals surface area (Å²) in [6.07, 6.45) is 2.95. The van der Waals surface area contributed by atoms with E-state index in [2.05, 4.69) is 34.9 Å². The van der Waals surface area contributed by atoms with E-state index in [1.165, 1.54) is 0 Å². The van der Waals surface area contributed by atoms with Gasteiger partial charge in [-0.05, 0) is 38.6 Å². The van der Waals surface area contributed by atoms with Gasteiger partial charge in [-0.3, -0.25) is 9.88 Å². The monoisotopic (exact) mass is 305 g/mol. The van der Waals surface area contributed by atoms with Crippen molar-refractivity contribution in [3.63, 3.8) is 0 Å². The fraction of sp³-hybridized carbons (Fsp3) is 0.706. The zero-order chi connectivity index (χ0) is 15.4. The Hall–Kier alpha value is -1.01. The summed E-state index contributed by atoms with van der Waals surface area (Å²) in [5, 5.41) is 0. The Kier molecular flexibility index (Phi) is 5.08. The summed E-state index contributed by atoms with van der Waals surface area (Å²) >= 11 is 0. The normalized spacial score (nSPS) is 30.0. The van der Waals surface area contributed by atoms with E-state index in [9.17, 15) is 0 Å². The van der Waals surface area contributed by atoms with Crippen LogP contribution in [0.4, 0.5) is 0 Å². The first kappa shape index (κ1) is 15.9. The fourth-order valence-electron chi connectivity index (χ4n) is 3.62. The molecule has 22 heavy (non-hydrogen) atoms. The minimum absolute atomic E-state index is 0.133. The van der Waals surface area contributed by atoms with Gasteiger partial charge in [-0.25, -0.2) is 0 Å². The Bertz CT molecular complexity index is 468. The van der Waals surface area contributed by atoms with E-state index in [1.807, 2.05) is 18.3 Å². The molecule has 5 nitrogen and oxygen atoms in total. The van der Waals surface area contributed by atoms with E-state index in [4.69, 9.17) is 9.47 Å². The Labute approximate surface area is 133 Å². The van der Waals surface area contributed by atoms with Gasteiger partial charge < -0.3 is 14.4 Å². The molecule has 3 heterocycles. The Morgan fingerprint density at radius 1 is 1.41 bits per heavy atom. The molecule has 1 spiro atoms. The molecular weight excluding hydrogens is 278 g/mol. The molecule has 2 aliphatic rings. The lowest BCUT2D eigenvalue weighted by molar-refractivity contribution is -0.0563. The van der Waals surface area contributed by atoms with Crippen LogP contribution >= 0.6 is 0 Å². The molecule has 0 aromatic carbocycles. The molecule has 0 aliphatic carbocycles. The topological polar surface area (TPSA) is 37.8 Å². The standard InChI is InChI=1S/C17H27N3O2/c1-19(2)10-15-9-17(22-12-15)13-20(7-8-21-14-17)11-16-5-3-4-6-18-16/h3-6,15H,7-14H2,1-2H3/t15-,17-/m1/s1. The van der Waals surface area contributed by atoms with Crippen LogP contribution in [0.5, 0.6) is 0 Å². The van der Waals surface area contributed by atoms with Gasteiger partial charge in [-0.1, -0.05) is 6.07 Å². The van der Waals surface area contributed by atoms with Crippen LogP contribution in [0.25, 0.3) is 0 Å². The summed E-state index contributed by atoms with van der Waals surface area (Å²) in [4.78, 5) is 9.11. The summed E-state index contributed by atoms with van der Waals surface area (Å²) in [6, 6.07) is 6.09. The zero-order valence-electron chi connectivity index (χ0n) is 13.7. The second kappa shape index (κ2) is 7.04.